The molecule has 2 unspecified atom stereocenters. The minimum Gasteiger partial charge on any atom is -0.296 e. The van der Waals surface area contributed by atoms with Crippen LogP contribution in [0, 0.1) is 13.8 Å². The Hall–Kier alpha value is -0.900. The molecule has 3 nitrogen and oxygen atoms in total. The van der Waals surface area contributed by atoms with Crippen LogP contribution in [0.4, 0.5) is 0 Å². The summed E-state index contributed by atoms with van der Waals surface area (Å²) >= 11 is 0. The second-order valence-electron chi connectivity index (χ2n) is 6.29. The molecule has 0 amide bonds. The van der Waals surface area contributed by atoms with E-state index in [1.807, 2.05) is 0 Å². The van der Waals surface area contributed by atoms with E-state index in [1.165, 1.54) is 42.6 Å². The number of nitrogens with one attached hydrogen (secondary N) is 1. The summed E-state index contributed by atoms with van der Waals surface area (Å²) in [6.45, 7) is 11.4. The molecule has 1 fully saturated rings. The van der Waals surface area contributed by atoms with Gasteiger partial charge in [-0.1, -0.05) is 25.1 Å². The molecule has 1 aliphatic heterocycles. The number of likely N-dealkylation sites (tertiary alicyclic amines) is 1. The fraction of sp³-hybridized carbons (Fsp3) is 0.647. The van der Waals surface area contributed by atoms with Crippen LogP contribution < -0.4 is 11.3 Å². The minimum absolute atomic E-state index is 0.0732. The van der Waals surface area contributed by atoms with Gasteiger partial charge < -0.3 is 0 Å². The molecule has 1 saturated heterocycles. The number of rotatable bonds is 5. The van der Waals surface area contributed by atoms with Crippen molar-refractivity contribution in [3.63, 3.8) is 0 Å². The van der Waals surface area contributed by atoms with E-state index in [0.29, 0.717) is 0 Å². The van der Waals surface area contributed by atoms with Crippen molar-refractivity contribution in [3.8, 4) is 0 Å². The number of hydrogen-bond donors (Lipinski definition) is 2. The Kier molecular flexibility index (Phi) is 4.84. The van der Waals surface area contributed by atoms with Crippen LogP contribution >= 0.6 is 0 Å². The molecule has 3 N–H and O–H groups in total. The van der Waals surface area contributed by atoms with Crippen LogP contribution in [0.1, 0.15) is 55.8 Å². The lowest BCUT2D eigenvalue weighted by Crippen LogP contribution is -2.55. The Morgan fingerprint density at radius 1 is 1.30 bits per heavy atom. The summed E-state index contributed by atoms with van der Waals surface area (Å²) in [6, 6.07) is 6.70. The lowest BCUT2D eigenvalue weighted by Gasteiger charge is -2.45. The molecule has 0 saturated carbocycles. The average molecular weight is 275 g/mol. The second-order valence-corrected chi connectivity index (χ2v) is 6.29. The van der Waals surface area contributed by atoms with Gasteiger partial charge in [-0.05, 0) is 69.8 Å². The van der Waals surface area contributed by atoms with Crippen molar-refractivity contribution in [3.05, 3.63) is 34.9 Å². The van der Waals surface area contributed by atoms with E-state index in [4.69, 9.17) is 5.84 Å². The molecule has 0 aromatic heterocycles. The van der Waals surface area contributed by atoms with Crippen LogP contribution in [0.15, 0.2) is 18.2 Å². The Labute approximate surface area is 123 Å². The van der Waals surface area contributed by atoms with Crippen molar-refractivity contribution in [2.75, 3.05) is 13.1 Å². The third-order valence-corrected chi connectivity index (χ3v) is 5.29. The molecule has 3 heteroatoms. The lowest BCUT2D eigenvalue weighted by molar-refractivity contribution is 0.0837. The van der Waals surface area contributed by atoms with Crippen LogP contribution in [0.2, 0.25) is 0 Å². The van der Waals surface area contributed by atoms with Crippen molar-refractivity contribution in [2.45, 2.75) is 58.5 Å². The molecular weight excluding hydrogens is 246 g/mol. The SMILES string of the molecule is CCC(C)(C(NN)c1cccc(C)c1C)N1CCCC1. The molecule has 112 valence electrons. The molecule has 0 radical (unpaired) electrons. The van der Waals surface area contributed by atoms with E-state index >= 15 is 0 Å². The predicted molar refractivity (Wildman–Crippen MR) is 85.5 cm³/mol. The normalized spacial score (nSPS) is 20.9. The van der Waals surface area contributed by atoms with Crippen molar-refractivity contribution < 1.29 is 0 Å². The van der Waals surface area contributed by atoms with Gasteiger partial charge in [-0.2, -0.15) is 0 Å². The summed E-state index contributed by atoms with van der Waals surface area (Å²) < 4.78 is 0. The number of aryl methyl sites for hydroxylation is 1. The van der Waals surface area contributed by atoms with Gasteiger partial charge in [-0.25, -0.2) is 0 Å². The number of nitrogens with zero attached hydrogens (tertiary/aromatic N) is 1. The highest BCUT2D eigenvalue weighted by atomic mass is 15.3. The number of nitrogens with two attached hydrogens (primary N) is 1. The first-order chi connectivity index (χ1) is 9.54. The Morgan fingerprint density at radius 3 is 2.50 bits per heavy atom. The van der Waals surface area contributed by atoms with Gasteiger partial charge in [-0.15, -0.1) is 0 Å². The molecule has 2 rings (SSSR count). The van der Waals surface area contributed by atoms with Gasteiger partial charge in [0, 0.05) is 5.54 Å². The first kappa shape index (κ1) is 15.5. The maximum atomic E-state index is 5.98. The molecule has 1 aromatic rings. The van der Waals surface area contributed by atoms with Crippen LogP contribution in [-0.2, 0) is 0 Å². The van der Waals surface area contributed by atoms with E-state index in [-0.39, 0.29) is 11.6 Å². The quantitative estimate of drug-likeness (QED) is 0.641. The number of hydrazine groups is 1. The fourth-order valence-corrected chi connectivity index (χ4v) is 3.53. The molecule has 1 aromatic carbocycles. The van der Waals surface area contributed by atoms with Gasteiger partial charge in [-0.3, -0.25) is 16.2 Å². The standard InChI is InChI=1S/C17H29N3/c1-5-17(4,20-11-6-7-12-20)16(19-18)15-10-8-9-13(2)14(15)3/h8-10,16,19H,5-7,11-12,18H2,1-4H3. The third kappa shape index (κ3) is 2.62. The van der Waals surface area contributed by atoms with E-state index in [2.05, 4.69) is 56.2 Å². The highest BCUT2D eigenvalue weighted by Gasteiger charge is 2.40. The predicted octanol–water partition coefficient (Wildman–Crippen LogP) is 3.07. The van der Waals surface area contributed by atoms with Crippen molar-refractivity contribution in [1.29, 1.82) is 0 Å². The zero-order valence-electron chi connectivity index (χ0n) is 13.4. The van der Waals surface area contributed by atoms with Gasteiger partial charge in [0.2, 0.25) is 0 Å². The van der Waals surface area contributed by atoms with Gasteiger partial charge in [0.1, 0.15) is 0 Å². The molecular formula is C17H29N3. The zero-order chi connectivity index (χ0) is 14.8. The topological polar surface area (TPSA) is 41.3 Å². The molecule has 0 spiro atoms. The maximum absolute atomic E-state index is 5.98. The maximum Gasteiger partial charge on any atom is 0.0643 e. The summed E-state index contributed by atoms with van der Waals surface area (Å²) in [4.78, 5) is 2.61. The van der Waals surface area contributed by atoms with Gasteiger partial charge in [0.15, 0.2) is 0 Å². The van der Waals surface area contributed by atoms with E-state index < -0.39 is 0 Å². The zero-order valence-corrected chi connectivity index (χ0v) is 13.4. The Morgan fingerprint density at radius 2 is 1.95 bits per heavy atom. The molecule has 1 aliphatic rings. The highest BCUT2D eigenvalue weighted by molar-refractivity contribution is 5.37. The first-order valence-corrected chi connectivity index (χ1v) is 7.82. The summed E-state index contributed by atoms with van der Waals surface area (Å²) in [5.74, 6) is 5.98. The average Bonchev–Trinajstić information content (AvgIpc) is 2.98. The number of hydrogen-bond acceptors (Lipinski definition) is 3. The Balaban J connectivity index is 2.40. The molecule has 2 atom stereocenters. The fourth-order valence-electron chi connectivity index (χ4n) is 3.53. The summed E-state index contributed by atoms with van der Waals surface area (Å²) in [5.41, 5.74) is 7.21. The molecule has 20 heavy (non-hydrogen) atoms. The largest absolute Gasteiger partial charge is 0.296 e. The van der Waals surface area contributed by atoms with Crippen LogP contribution in [0.25, 0.3) is 0 Å². The van der Waals surface area contributed by atoms with E-state index in [9.17, 15) is 0 Å². The molecule has 0 aliphatic carbocycles. The van der Waals surface area contributed by atoms with Gasteiger partial charge in [0.05, 0.1) is 6.04 Å². The first-order valence-electron chi connectivity index (χ1n) is 7.82. The summed E-state index contributed by atoms with van der Waals surface area (Å²) in [5, 5.41) is 0. The van der Waals surface area contributed by atoms with E-state index in [0.717, 1.165) is 6.42 Å². The monoisotopic (exact) mass is 275 g/mol. The second kappa shape index (κ2) is 6.25. The van der Waals surface area contributed by atoms with Crippen LogP contribution in [0.3, 0.4) is 0 Å². The third-order valence-electron chi connectivity index (χ3n) is 5.29. The molecule has 1 heterocycles. The summed E-state index contributed by atoms with van der Waals surface area (Å²) in [6.07, 6.45) is 3.70. The molecule has 0 bridgehead atoms. The highest BCUT2D eigenvalue weighted by Crippen LogP contribution is 2.37. The van der Waals surface area contributed by atoms with Crippen LogP contribution in [-0.4, -0.2) is 23.5 Å². The van der Waals surface area contributed by atoms with Crippen LogP contribution in [0.5, 0.6) is 0 Å². The lowest BCUT2D eigenvalue weighted by atomic mass is 9.81. The number of benzene rings is 1. The smallest absolute Gasteiger partial charge is 0.0643 e. The minimum atomic E-state index is 0.0732. The van der Waals surface area contributed by atoms with Gasteiger partial charge in [0.25, 0.3) is 0 Å². The van der Waals surface area contributed by atoms with Crippen molar-refractivity contribution in [2.24, 2.45) is 5.84 Å². The summed E-state index contributed by atoms with van der Waals surface area (Å²) in [7, 11) is 0. The van der Waals surface area contributed by atoms with Gasteiger partial charge >= 0.3 is 0 Å². The van der Waals surface area contributed by atoms with E-state index in [1.54, 1.807) is 0 Å². The van der Waals surface area contributed by atoms with Crippen molar-refractivity contribution >= 4 is 0 Å². The van der Waals surface area contributed by atoms with Crippen molar-refractivity contribution in [1.82, 2.24) is 10.3 Å². The Bertz CT molecular complexity index is 452.